The van der Waals surface area contributed by atoms with Crippen LogP contribution in [0.4, 0.5) is 18.9 Å². The van der Waals surface area contributed by atoms with Gasteiger partial charge in [0.1, 0.15) is 5.82 Å². The zero-order valence-corrected chi connectivity index (χ0v) is 10.5. The number of halogens is 3. The van der Waals surface area contributed by atoms with Gasteiger partial charge in [-0.2, -0.15) is 5.10 Å². The second-order valence-corrected chi connectivity index (χ2v) is 4.32. The quantitative estimate of drug-likeness (QED) is 0.712. The van der Waals surface area contributed by atoms with Gasteiger partial charge in [-0.05, 0) is 6.07 Å². The van der Waals surface area contributed by atoms with Gasteiger partial charge in [-0.1, -0.05) is 18.2 Å². The zero-order valence-electron chi connectivity index (χ0n) is 10.5. The van der Waals surface area contributed by atoms with E-state index in [0.717, 1.165) is 0 Å². The number of carbonyl (C=O) groups excluding carboxylic acids is 1. The monoisotopic (exact) mass is 291 g/mol. The molecule has 3 aromatic rings. The van der Waals surface area contributed by atoms with E-state index >= 15 is 0 Å². The van der Waals surface area contributed by atoms with Gasteiger partial charge in [0.25, 0.3) is 5.91 Å². The molecular weight excluding hydrogens is 283 g/mol. The lowest BCUT2D eigenvalue weighted by Crippen LogP contribution is -2.14. The molecule has 0 fully saturated rings. The highest BCUT2D eigenvalue weighted by atomic mass is 19.2. The maximum Gasteiger partial charge on any atom is 0.276 e. The van der Waals surface area contributed by atoms with E-state index in [4.69, 9.17) is 0 Å². The Bertz CT molecular complexity index is 845. The predicted octanol–water partition coefficient (Wildman–Crippen LogP) is 3.23. The molecule has 0 saturated carbocycles. The molecule has 0 radical (unpaired) electrons. The summed E-state index contributed by atoms with van der Waals surface area (Å²) < 4.78 is 39.4. The fraction of sp³-hybridized carbons (Fsp3) is 0. The standard InChI is InChI=1S/C14H8F3N3O/c15-8-5-10(17)12(6-9(8)16)18-14(21)13-7-3-1-2-4-11(7)19-20-13/h1-6H,(H,18,21)(H,19,20). The van der Waals surface area contributed by atoms with Crippen LogP contribution in [0, 0.1) is 17.5 Å². The molecule has 1 aromatic heterocycles. The molecule has 2 N–H and O–H groups in total. The summed E-state index contributed by atoms with van der Waals surface area (Å²) in [6, 6.07) is 7.81. The van der Waals surface area contributed by atoms with Crippen LogP contribution in [0.3, 0.4) is 0 Å². The highest BCUT2D eigenvalue weighted by Gasteiger charge is 2.17. The summed E-state index contributed by atoms with van der Waals surface area (Å²) in [5.74, 6) is -4.37. The fourth-order valence-electron chi connectivity index (χ4n) is 1.94. The van der Waals surface area contributed by atoms with Gasteiger partial charge in [-0.15, -0.1) is 0 Å². The lowest BCUT2D eigenvalue weighted by molar-refractivity contribution is 0.102. The first kappa shape index (κ1) is 13.2. The average Bonchev–Trinajstić information content (AvgIpc) is 2.88. The number of benzene rings is 2. The first-order valence-corrected chi connectivity index (χ1v) is 5.95. The SMILES string of the molecule is O=C(Nc1cc(F)c(F)cc1F)c1n[nH]c2ccccc12. The number of rotatable bonds is 2. The van der Waals surface area contributed by atoms with Crippen molar-refractivity contribution in [3.63, 3.8) is 0 Å². The van der Waals surface area contributed by atoms with Crippen molar-refractivity contribution in [2.24, 2.45) is 0 Å². The third-order valence-electron chi connectivity index (χ3n) is 2.94. The van der Waals surface area contributed by atoms with E-state index < -0.39 is 29.0 Å². The molecule has 1 amide bonds. The number of aromatic amines is 1. The third kappa shape index (κ3) is 2.33. The van der Waals surface area contributed by atoms with Gasteiger partial charge in [0.2, 0.25) is 0 Å². The van der Waals surface area contributed by atoms with Gasteiger partial charge in [0, 0.05) is 17.5 Å². The topological polar surface area (TPSA) is 57.8 Å². The summed E-state index contributed by atoms with van der Waals surface area (Å²) in [5, 5.41) is 9.19. The first-order valence-electron chi connectivity index (χ1n) is 5.95. The van der Waals surface area contributed by atoms with E-state index in [-0.39, 0.29) is 5.69 Å². The molecule has 21 heavy (non-hydrogen) atoms. The molecule has 2 aromatic carbocycles. The number of para-hydroxylation sites is 1. The van der Waals surface area contributed by atoms with Gasteiger partial charge in [-0.3, -0.25) is 9.89 Å². The number of amides is 1. The van der Waals surface area contributed by atoms with Gasteiger partial charge < -0.3 is 5.32 Å². The van der Waals surface area contributed by atoms with Gasteiger partial charge in [0.05, 0.1) is 11.2 Å². The lowest BCUT2D eigenvalue weighted by atomic mass is 10.2. The summed E-state index contributed by atoms with van der Waals surface area (Å²) in [6.45, 7) is 0. The smallest absolute Gasteiger partial charge is 0.276 e. The molecule has 0 aliphatic heterocycles. The van der Waals surface area contributed by atoms with Gasteiger partial charge in [0.15, 0.2) is 17.3 Å². The maximum atomic E-state index is 13.5. The highest BCUT2D eigenvalue weighted by Crippen LogP contribution is 2.21. The van der Waals surface area contributed by atoms with E-state index in [9.17, 15) is 18.0 Å². The van der Waals surface area contributed by atoms with E-state index in [2.05, 4.69) is 15.5 Å². The van der Waals surface area contributed by atoms with Crippen LogP contribution < -0.4 is 5.32 Å². The van der Waals surface area contributed by atoms with E-state index in [1.165, 1.54) is 0 Å². The highest BCUT2D eigenvalue weighted by molar-refractivity contribution is 6.11. The molecule has 0 saturated heterocycles. The zero-order chi connectivity index (χ0) is 15.0. The Morgan fingerprint density at radius 3 is 2.57 bits per heavy atom. The van der Waals surface area contributed by atoms with Crippen LogP contribution in [0.1, 0.15) is 10.5 Å². The Kier molecular flexibility index (Phi) is 3.09. The molecule has 7 heteroatoms. The lowest BCUT2D eigenvalue weighted by Gasteiger charge is -2.05. The average molecular weight is 291 g/mol. The van der Waals surface area contributed by atoms with Crippen LogP contribution in [0.25, 0.3) is 10.9 Å². The largest absolute Gasteiger partial charge is 0.318 e. The molecule has 0 aliphatic carbocycles. The van der Waals surface area contributed by atoms with E-state index in [1.807, 2.05) is 0 Å². The molecular formula is C14H8F3N3O. The van der Waals surface area contributed by atoms with Crippen LogP contribution in [0.15, 0.2) is 36.4 Å². The number of H-pyrrole nitrogens is 1. The van der Waals surface area contributed by atoms with Crippen molar-refractivity contribution in [3.8, 4) is 0 Å². The number of nitrogens with one attached hydrogen (secondary N) is 2. The minimum atomic E-state index is -1.32. The van der Waals surface area contributed by atoms with Crippen molar-refractivity contribution >= 4 is 22.5 Å². The summed E-state index contributed by atoms with van der Waals surface area (Å²) in [6.07, 6.45) is 0. The van der Waals surface area contributed by atoms with Crippen molar-refractivity contribution in [1.29, 1.82) is 0 Å². The van der Waals surface area contributed by atoms with E-state index in [0.29, 0.717) is 23.0 Å². The Morgan fingerprint density at radius 2 is 1.76 bits per heavy atom. The van der Waals surface area contributed by atoms with Gasteiger partial charge >= 0.3 is 0 Å². The van der Waals surface area contributed by atoms with E-state index in [1.54, 1.807) is 24.3 Å². The fourth-order valence-corrected chi connectivity index (χ4v) is 1.94. The Hall–Kier alpha value is -2.83. The minimum absolute atomic E-state index is 0.0368. The molecule has 0 spiro atoms. The Balaban J connectivity index is 1.95. The molecule has 0 atom stereocenters. The number of fused-ring (bicyclic) bond motifs is 1. The van der Waals surface area contributed by atoms with Crippen molar-refractivity contribution in [2.45, 2.75) is 0 Å². The number of nitrogens with zero attached hydrogens (tertiary/aromatic N) is 1. The van der Waals surface area contributed by atoms with Crippen molar-refractivity contribution in [1.82, 2.24) is 10.2 Å². The molecule has 0 aliphatic rings. The molecule has 1 heterocycles. The second kappa shape index (κ2) is 4.93. The van der Waals surface area contributed by atoms with Crippen LogP contribution in [0.5, 0.6) is 0 Å². The number of aromatic nitrogens is 2. The normalized spacial score (nSPS) is 10.8. The number of hydrogen-bond acceptors (Lipinski definition) is 2. The second-order valence-electron chi connectivity index (χ2n) is 4.32. The number of anilines is 1. The maximum absolute atomic E-state index is 13.5. The number of hydrogen-bond donors (Lipinski definition) is 2. The molecule has 4 nitrogen and oxygen atoms in total. The summed E-state index contributed by atoms with van der Waals surface area (Å²) in [4.78, 5) is 12.1. The number of carbonyl (C=O) groups is 1. The summed E-state index contributed by atoms with van der Waals surface area (Å²) >= 11 is 0. The van der Waals surface area contributed by atoms with Gasteiger partial charge in [-0.25, -0.2) is 13.2 Å². The van der Waals surface area contributed by atoms with Crippen molar-refractivity contribution < 1.29 is 18.0 Å². The third-order valence-corrected chi connectivity index (χ3v) is 2.94. The predicted molar refractivity (Wildman–Crippen MR) is 70.4 cm³/mol. The van der Waals surface area contributed by atoms with Crippen molar-refractivity contribution in [2.75, 3.05) is 5.32 Å². The van der Waals surface area contributed by atoms with Crippen molar-refractivity contribution in [3.05, 3.63) is 59.5 Å². The summed E-state index contributed by atoms with van der Waals surface area (Å²) in [5.41, 5.74) is 0.217. The van der Waals surface area contributed by atoms with Crippen LogP contribution in [-0.2, 0) is 0 Å². The van der Waals surface area contributed by atoms with Crippen LogP contribution in [-0.4, -0.2) is 16.1 Å². The summed E-state index contributed by atoms with van der Waals surface area (Å²) in [7, 11) is 0. The molecule has 0 bridgehead atoms. The van der Waals surface area contributed by atoms with Crippen LogP contribution in [0.2, 0.25) is 0 Å². The Morgan fingerprint density at radius 1 is 1.05 bits per heavy atom. The molecule has 3 rings (SSSR count). The molecule has 106 valence electrons. The Labute approximate surface area is 116 Å². The molecule has 0 unspecified atom stereocenters. The minimum Gasteiger partial charge on any atom is -0.318 e. The first-order chi connectivity index (χ1) is 10.1. The van der Waals surface area contributed by atoms with Crippen LogP contribution >= 0.6 is 0 Å².